The van der Waals surface area contributed by atoms with Gasteiger partial charge >= 0.3 is 12.1 Å². The van der Waals surface area contributed by atoms with Crippen molar-refractivity contribution >= 4 is 18.0 Å². The molecule has 0 aliphatic heterocycles. The molecule has 1 atom stereocenters. The first-order chi connectivity index (χ1) is 16.3. The molecule has 35 heavy (non-hydrogen) atoms. The molecule has 0 spiro atoms. The molecule has 0 fully saturated rings. The van der Waals surface area contributed by atoms with Gasteiger partial charge in [-0.2, -0.15) is 0 Å². The predicted molar refractivity (Wildman–Crippen MR) is 126 cm³/mol. The second-order valence-corrected chi connectivity index (χ2v) is 9.72. The Morgan fingerprint density at radius 2 is 1.49 bits per heavy atom. The molecule has 3 N–H and O–H groups in total. The van der Waals surface area contributed by atoms with Crippen LogP contribution in [0.5, 0.6) is 0 Å². The van der Waals surface area contributed by atoms with Crippen LogP contribution in [0.3, 0.4) is 0 Å². The van der Waals surface area contributed by atoms with Gasteiger partial charge < -0.3 is 20.5 Å². The number of alkyl carbamates (subject to hydrolysis) is 1. The average molecular weight is 489 g/mol. The summed E-state index contributed by atoms with van der Waals surface area (Å²) < 4.78 is 32.5. The zero-order valence-electron chi connectivity index (χ0n) is 20.1. The van der Waals surface area contributed by atoms with Crippen molar-refractivity contribution in [3.63, 3.8) is 0 Å². The van der Waals surface area contributed by atoms with Crippen LogP contribution in [0.1, 0.15) is 51.2 Å². The van der Waals surface area contributed by atoms with Crippen LogP contribution in [-0.4, -0.2) is 47.7 Å². The van der Waals surface area contributed by atoms with E-state index in [-0.39, 0.29) is 12.5 Å². The zero-order valence-corrected chi connectivity index (χ0v) is 20.1. The van der Waals surface area contributed by atoms with Gasteiger partial charge in [0, 0.05) is 11.5 Å². The molecule has 1 unspecified atom stereocenters. The van der Waals surface area contributed by atoms with Gasteiger partial charge in [-0.25, -0.2) is 13.6 Å². The van der Waals surface area contributed by atoms with Crippen molar-refractivity contribution in [2.24, 2.45) is 5.41 Å². The summed E-state index contributed by atoms with van der Waals surface area (Å²) >= 11 is 0. The van der Waals surface area contributed by atoms with Crippen molar-refractivity contribution in [1.29, 1.82) is 0 Å². The topological polar surface area (TPSA) is 105 Å². The third-order valence-corrected chi connectivity index (χ3v) is 6.91. The van der Waals surface area contributed by atoms with E-state index in [4.69, 9.17) is 4.74 Å². The fourth-order valence-electron chi connectivity index (χ4n) is 4.02. The van der Waals surface area contributed by atoms with Crippen LogP contribution >= 0.6 is 0 Å². The number of rotatable bonds is 9. The summed E-state index contributed by atoms with van der Waals surface area (Å²) in [6.45, 7) is 5.79. The molecule has 2 amide bonds. The Kier molecular flexibility index (Phi) is 7.47. The Morgan fingerprint density at radius 3 is 1.97 bits per heavy atom. The van der Waals surface area contributed by atoms with Crippen LogP contribution in [-0.2, 0) is 14.3 Å². The number of aliphatic carboxylic acids is 1. The van der Waals surface area contributed by atoms with E-state index in [1.807, 2.05) is 48.5 Å². The van der Waals surface area contributed by atoms with Crippen molar-refractivity contribution in [2.75, 3.05) is 6.61 Å². The smallest absolute Gasteiger partial charge is 0.407 e. The van der Waals surface area contributed by atoms with E-state index in [0.29, 0.717) is 0 Å². The maximum Gasteiger partial charge on any atom is 0.407 e. The SMILES string of the molecule is CC(C)(NC(=O)CC(NC(=O)OCC1c2ccccc2-c2ccccc21)C(F)F)C(C)(C)C(=O)O. The fourth-order valence-corrected chi connectivity index (χ4v) is 4.02. The Bertz CT molecular complexity index is 1070. The molecule has 7 nitrogen and oxygen atoms in total. The summed E-state index contributed by atoms with van der Waals surface area (Å²) in [7, 11) is 0. The van der Waals surface area contributed by atoms with E-state index in [2.05, 4.69) is 10.6 Å². The number of carbonyl (C=O) groups is 3. The summed E-state index contributed by atoms with van der Waals surface area (Å²) in [4.78, 5) is 36.3. The number of halogens is 2. The summed E-state index contributed by atoms with van der Waals surface area (Å²) in [6, 6.07) is 13.6. The van der Waals surface area contributed by atoms with Gasteiger partial charge in [-0.1, -0.05) is 48.5 Å². The Balaban J connectivity index is 1.62. The molecular formula is C26H30F2N2O5. The number of carboxylic acids is 1. The molecule has 9 heteroatoms. The van der Waals surface area contributed by atoms with Gasteiger partial charge in [-0.3, -0.25) is 9.59 Å². The highest BCUT2D eigenvalue weighted by molar-refractivity contribution is 5.82. The highest BCUT2D eigenvalue weighted by atomic mass is 19.3. The quantitative estimate of drug-likeness (QED) is 0.480. The van der Waals surface area contributed by atoms with E-state index in [1.54, 1.807) is 0 Å². The van der Waals surface area contributed by atoms with E-state index in [0.717, 1.165) is 22.3 Å². The van der Waals surface area contributed by atoms with E-state index in [1.165, 1.54) is 27.7 Å². The van der Waals surface area contributed by atoms with Crippen LogP contribution in [0.25, 0.3) is 11.1 Å². The lowest BCUT2D eigenvalue weighted by molar-refractivity contribution is -0.151. The van der Waals surface area contributed by atoms with Gasteiger partial charge in [0.05, 0.1) is 11.8 Å². The van der Waals surface area contributed by atoms with Crippen molar-refractivity contribution < 1.29 is 33.0 Å². The molecule has 0 saturated heterocycles. The molecule has 188 valence electrons. The third-order valence-electron chi connectivity index (χ3n) is 6.91. The first-order valence-electron chi connectivity index (χ1n) is 11.3. The number of alkyl halides is 2. The van der Waals surface area contributed by atoms with Crippen molar-refractivity contribution in [2.45, 2.75) is 58.0 Å². The summed E-state index contributed by atoms with van der Waals surface area (Å²) in [5.41, 5.74) is 1.44. The highest BCUT2D eigenvalue weighted by Gasteiger charge is 2.44. The maximum atomic E-state index is 13.6. The minimum absolute atomic E-state index is 0.0537. The van der Waals surface area contributed by atoms with Crippen LogP contribution in [0.4, 0.5) is 13.6 Å². The number of ether oxygens (including phenoxy) is 1. The number of benzene rings is 2. The van der Waals surface area contributed by atoms with E-state index < -0.39 is 47.8 Å². The molecule has 1 aliphatic rings. The molecule has 3 rings (SSSR count). The highest BCUT2D eigenvalue weighted by Crippen LogP contribution is 2.44. The molecule has 2 aromatic carbocycles. The largest absolute Gasteiger partial charge is 0.481 e. The summed E-state index contributed by atoms with van der Waals surface area (Å²) in [5.74, 6) is -2.20. The number of amides is 2. The van der Waals surface area contributed by atoms with Crippen molar-refractivity contribution in [3.05, 3.63) is 59.7 Å². The lowest BCUT2D eigenvalue weighted by Crippen LogP contribution is -2.58. The lowest BCUT2D eigenvalue weighted by atomic mass is 9.74. The van der Waals surface area contributed by atoms with Gasteiger partial charge in [0.2, 0.25) is 5.91 Å². The Hall–Kier alpha value is -3.49. The van der Waals surface area contributed by atoms with Gasteiger partial charge in [0.15, 0.2) is 0 Å². The van der Waals surface area contributed by atoms with Crippen LogP contribution in [0.2, 0.25) is 0 Å². The van der Waals surface area contributed by atoms with Crippen molar-refractivity contribution in [3.8, 4) is 11.1 Å². The van der Waals surface area contributed by atoms with Crippen molar-refractivity contribution in [1.82, 2.24) is 10.6 Å². The van der Waals surface area contributed by atoms with Crippen LogP contribution < -0.4 is 10.6 Å². The zero-order chi connectivity index (χ0) is 26.0. The molecule has 0 saturated carbocycles. The molecule has 1 aliphatic carbocycles. The molecular weight excluding hydrogens is 458 g/mol. The Labute approximate surface area is 202 Å². The normalized spacial score (nSPS) is 14.1. The number of hydrogen-bond acceptors (Lipinski definition) is 4. The monoisotopic (exact) mass is 488 g/mol. The third kappa shape index (κ3) is 5.44. The lowest BCUT2D eigenvalue weighted by Gasteiger charge is -2.39. The molecule has 2 aromatic rings. The van der Waals surface area contributed by atoms with Crippen LogP contribution in [0, 0.1) is 5.41 Å². The van der Waals surface area contributed by atoms with Gasteiger partial charge in [0.1, 0.15) is 12.6 Å². The average Bonchev–Trinajstić information content (AvgIpc) is 3.10. The summed E-state index contributed by atoms with van der Waals surface area (Å²) in [6.07, 6.45) is -4.83. The number of fused-ring (bicyclic) bond motifs is 3. The standard InChI is InChI=1S/C26H30F2N2O5/c1-25(2,23(32)33)26(3,4)30-21(31)13-20(22(27)28)29-24(34)35-14-19-17-11-7-5-9-15(17)16-10-6-8-12-18(16)19/h5-12,19-20,22H,13-14H2,1-4H3,(H,29,34)(H,30,31)(H,32,33). The summed E-state index contributed by atoms with van der Waals surface area (Å²) in [5, 5.41) is 14.0. The fraction of sp³-hybridized carbons (Fsp3) is 0.423. The van der Waals surface area contributed by atoms with Gasteiger partial charge in [-0.15, -0.1) is 0 Å². The molecule has 0 radical (unpaired) electrons. The molecule has 0 bridgehead atoms. The first kappa shape index (κ1) is 26.1. The van der Waals surface area contributed by atoms with E-state index in [9.17, 15) is 28.3 Å². The Morgan fingerprint density at radius 1 is 0.971 bits per heavy atom. The van der Waals surface area contributed by atoms with Gasteiger partial charge in [0.25, 0.3) is 6.43 Å². The number of nitrogens with one attached hydrogen (secondary N) is 2. The second-order valence-electron chi connectivity index (χ2n) is 9.72. The minimum Gasteiger partial charge on any atom is -0.481 e. The number of carbonyl (C=O) groups excluding carboxylic acids is 2. The predicted octanol–water partition coefficient (Wildman–Crippen LogP) is 4.55. The van der Waals surface area contributed by atoms with Gasteiger partial charge in [-0.05, 0) is 49.9 Å². The minimum atomic E-state index is -3.03. The first-order valence-corrected chi connectivity index (χ1v) is 11.3. The second kappa shape index (κ2) is 10.0. The molecule has 0 aromatic heterocycles. The van der Waals surface area contributed by atoms with E-state index >= 15 is 0 Å². The molecule has 0 heterocycles. The number of hydrogen-bond donors (Lipinski definition) is 3. The van der Waals surface area contributed by atoms with Crippen LogP contribution in [0.15, 0.2) is 48.5 Å². The maximum absolute atomic E-state index is 13.6. The number of carboxylic acid groups (broad SMARTS) is 1.